The number of hydrogen-bond acceptors (Lipinski definition) is 16. The van der Waals surface area contributed by atoms with Gasteiger partial charge >= 0.3 is 18.0 Å². The van der Waals surface area contributed by atoms with Gasteiger partial charge in [0.25, 0.3) is 0 Å². The first-order chi connectivity index (χ1) is 25.3. The topological polar surface area (TPSA) is 290 Å². The van der Waals surface area contributed by atoms with Crippen molar-refractivity contribution in [1.82, 2.24) is 24.3 Å². The Balaban J connectivity index is 0.00000192. The molecule has 1 fully saturated rings. The van der Waals surface area contributed by atoms with E-state index in [4.69, 9.17) is 30.9 Å². The normalized spacial score (nSPS) is 16.7. The van der Waals surface area contributed by atoms with E-state index in [1.54, 1.807) is 43.4 Å². The monoisotopic (exact) mass is 796 g/mol. The maximum absolute atomic E-state index is 13.6. The van der Waals surface area contributed by atoms with Crippen LogP contribution in [-0.4, -0.2) is 94.8 Å². The van der Waals surface area contributed by atoms with Crippen LogP contribution < -0.4 is 31.9 Å². The number of urea groups is 1. The van der Waals surface area contributed by atoms with Crippen molar-refractivity contribution in [3.63, 3.8) is 0 Å². The molecule has 0 spiro atoms. The Morgan fingerprint density at radius 2 is 1.83 bits per heavy atom. The number of ketones is 1. The number of nitrogens with two attached hydrogens (primary N) is 2. The largest absolute Gasteiger partial charge is 0.554 e. The Morgan fingerprint density at radius 3 is 2.37 bits per heavy atom. The molecule has 0 unspecified atom stereocenters. The van der Waals surface area contributed by atoms with Crippen molar-refractivity contribution in [3.05, 3.63) is 23.3 Å². The van der Waals surface area contributed by atoms with Crippen molar-refractivity contribution in [2.75, 3.05) is 29.1 Å². The lowest BCUT2D eigenvalue weighted by atomic mass is 9.89. The third-order valence-corrected chi connectivity index (χ3v) is 9.30. The van der Waals surface area contributed by atoms with Crippen LogP contribution in [0.4, 0.5) is 21.4 Å². The number of nitrogen functional groups attached to an aromatic ring is 2. The minimum absolute atomic E-state index is 0.0555. The zero-order valence-corrected chi connectivity index (χ0v) is 33.3. The molecule has 3 amide bonds. The average Bonchev–Trinajstić information content (AvgIpc) is 3.64. The number of rotatable bonds is 13. The van der Waals surface area contributed by atoms with E-state index in [2.05, 4.69) is 25.1 Å². The number of carbonyl (C=O) groups excluding carboxylic acids is 5. The number of aliphatic carboxylic acids is 1. The van der Waals surface area contributed by atoms with Crippen LogP contribution in [0.5, 0.6) is 0 Å². The van der Waals surface area contributed by atoms with Crippen LogP contribution in [-0.2, 0) is 47.1 Å². The van der Waals surface area contributed by atoms with Gasteiger partial charge in [0.15, 0.2) is 34.7 Å². The predicted octanol–water partition coefficient (Wildman–Crippen LogP) is 0.623. The van der Waals surface area contributed by atoms with Crippen LogP contribution in [0.2, 0.25) is 0 Å². The van der Waals surface area contributed by atoms with E-state index in [0.29, 0.717) is 17.8 Å². The van der Waals surface area contributed by atoms with Crippen LogP contribution in [0.1, 0.15) is 74.1 Å². The summed E-state index contributed by atoms with van der Waals surface area (Å²) < 4.78 is 12.6. The van der Waals surface area contributed by atoms with Crippen LogP contribution in [0, 0.1) is 5.92 Å². The summed E-state index contributed by atoms with van der Waals surface area (Å²) >= 11 is 2.13. The van der Waals surface area contributed by atoms with Gasteiger partial charge in [0.1, 0.15) is 11.3 Å². The zero-order valence-electron chi connectivity index (χ0n) is 31.6. The third-order valence-electron chi connectivity index (χ3n) is 7.36. The van der Waals surface area contributed by atoms with Gasteiger partial charge in [0, 0.05) is 42.3 Å². The lowest BCUT2D eigenvalue weighted by Gasteiger charge is -2.49. The summed E-state index contributed by atoms with van der Waals surface area (Å²) in [7, 11) is 1.66. The van der Waals surface area contributed by atoms with Crippen molar-refractivity contribution < 1.29 is 53.2 Å². The predicted molar refractivity (Wildman–Crippen MR) is 197 cm³/mol. The summed E-state index contributed by atoms with van der Waals surface area (Å²) in [5.74, 6) is -3.81. The molecule has 22 heteroatoms. The van der Waals surface area contributed by atoms with Gasteiger partial charge < -0.3 is 41.4 Å². The number of amides is 3. The number of aromatic nitrogens is 4. The second-order valence-electron chi connectivity index (χ2n) is 12.9. The molecule has 4 rings (SSSR count). The summed E-state index contributed by atoms with van der Waals surface area (Å²) in [4.78, 5) is 83.4. The average molecular weight is 797 g/mol. The Labute approximate surface area is 320 Å². The number of carbonyl (C=O) groups is 6. The van der Waals surface area contributed by atoms with Gasteiger partial charge in [-0.15, -0.1) is 21.1 Å². The lowest BCUT2D eigenvalue weighted by Crippen LogP contribution is -2.62. The highest BCUT2D eigenvalue weighted by Crippen LogP contribution is 2.45. The standard InChI is InChI=1S/C29H40N10O8S2.C2H6.CH2O2/c1-8-9-32-27(45)33-16-12-38(37(7)20(16)30)11-14-13-48-23-15(22(41)39(23)19(14)24(42)43)10-17(40)18(21-34-26(31)49-36-21)35-47-29(5,6)25(44)46-28(2,3)4;1-2;2-1-3/h12,15,23,30H,8-11,13H2,1-7H3,(H5,31,32,33,34,36,42,43,45);1-2H3;1H,(H,2,3)/b35-18+;;/t15-,23-;;/m1../s1. The fourth-order valence-electron chi connectivity index (χ4n) is 4.84. The van der Waals surface area contributed by atoms with Gasteiger partial charge in [-0.1, -0.05) is 25.9 Å². The van der Waals surface area contributed by atoms with Crippen molar-refractivity contribution in [3.8, 4) is 0 Å². The number of carboxylic acids is 1. The molecular formula is C32H48N10O10S2. The van der Waals surface area contributed by atoms with Crippen molar-refractivity contribution >= 4 is 81.8 Å². The molecule has 54 heavy (non-hydrogen) atoms. The molecule has 20 nitrogen and oxygen atoms in total. The molecule has 0 saturated carbocycles. The van der Waals surface area contributed by atoms with Crippen molar-refractivity contribution in [2.45, 2.75) is 91.4 Å². The number of esters is 1. The number of thioether (sulfide) groups is 1. The van der Waals surface area contributed by atoms with Crippen LogP contribution in [0.15, 0.2) is 22.6 Å². The molecule has 0 aliphatic carbocycles. The Morgan fingerprint density at radius 1 is 1.20 bits per heavy atom. The van der Waals surface area contributed by atoms with E-state index in [-0.39, 0.29) is 46.9 Å². The SMILES string of the molecule is CC.CCCNC(=O)Nc1c[n+](CC2=C(C(=O)O)N3C(=O)[C@@H](CC(=O)/C(=N\OC(C)(C)C(=O)OC(C)(C)C)c4nsc(N)n4)[C@H]3SC2)n(C)c1N.O=C[O-]. The maximum atomic E-state index is 13.6. The van der Waals surface area contributed by atoms with Crippen LogP contribution >= 0.6 is 23.3 Å². The number of nitrogens with one attached hydrogen (secondary N) is 2. The number of oxime groups is 1. The van der Waals surface area contributed by atoms with Crippen LogP contribution in [0.25, 0.3) is 0 Å². The Bertz CT molecular complexity index is 1780. The van der Waals surface area contributed by atoms with Gasteiger partial charge in [0.2, 0.25) is 23.5 Å². The van der Waals surface area contributed by atoms with Crippen LogP contribution in [0.3, 0.4) is 0 Å². The van der Waals surface area contributed by atoms with Gasteiger partial charge in [-0.25, -0.2) is 14.4 Å². The molecular weight excluding hydrogens is 749 g/mol. The molecule has 2 aromatic rings. The number of carboxylic acid groups (broad SMARTS) is 2. The molecule has 0 bridgehead atoms. The second kappa shape index (κ2) is 19.2. The molecule has 298 valence electrons. The fourth-order valence-corrected chi connectivity index (χ4v) is 6.68. The van der Waals surface area contributed by atoms with E-state index >= 15 is 0 Å². The molecule has 2 atom stereocenters. The number of β-lactam (4-membered cyclic amide) rings is 1. The molecule has 2 aliphatic rings. The molecule has 0 radical (unpaired) electrons. The summed E-state index contributed by atoms with van der Waals surface area (Å²) in [6.45, 7) is 13.9. The number of Topliss-reactive ketones (excluding diaryl/α,β-unsaturated/α-hetero) is 1. The smallest absolute Gasteiger partial charge is 0.353 e. The fraction of sp³-hybridized carbons (Fsp3) is 0.562. The minimum Gasteiger partial charge on any atom is -0.554 e. The first kappa shape index (κ1) is 44.9. The summed E-state index contributed by atoms with van der Waals surface area (Å²) in [6.07, 6.45) is 1.97. The summed E-state index contributed by atoms with van der Waals surface area (Å²) in [6, 6.07) is -0.430. The first-order valence-corrected chi connectivity index (χ1v) is 18.6. The highest BCUT2D eigenvalue weighted by molar-refractivity contribution is 8.00. The second-order valence-corrected chi connectivity index (χ2v) is 14.8. The first-order valence-electron chi connectivity index (χ1n) is 16.7. The number of nitrogens with zero attached hydrogens (tertiary/aromatic N) is 6. The number of anilines is 3. The van der Waals surface area contributed by atoms with E-state index in [9.17, 15) is 29.1 Å². The summed E-state index contributed by atoms with van der Waals surface area (Å²) in [5.41, 5.74) is 9.75. The molecule has 2 aromatic heterocycles. The van der Waals surface area contributed by atoms with Gasteiger partial charge in [-0.05, 0) is 41.0 Å². The Kier molecular flexibility index (Phi) is 16.0. The van der Waals surface area contributed by atoms with Gasteiger partial charge in [-0.3, -0.25) is 19.8 Å². The summed E-state index contributed by atoms with van der Waals surface area (Å²) in [5, 5.41) is 27.2. The Hall–Kier alpha value is -5.25. The van der Waals surface area contributed by atoms with E-state index < -0.39 is 58.6 Å². The highest BCUT2D eigenvalue weighted by atomic mass is 32.2. The van der Waals surface area contributed by atoms with E-state index in [1.165, 1.54) is 30.5 Å². The number of fused-ring (bicyclic) bond motifs is 1. The van der Waals surface area contributed by atoms with E-state index in [1.807, 2.05) is 20.8 Å². The molecule has 0 aromatic carbocycles. The molecule has 7 N–H and O–H groups in total. The molecule has 2 aliphatic heterocycles. The third kappa shape index (κ3) is 11.1. The zero-order chi connectivity index (χ0) is 41.1. The number of ether oxygens (including phenoxy) is 1. The quantitative estimate of drug-likeness (QED) is 0.0464. The lowest BCUT2D eigenvalue weighted by molar-refractivity contribution is -0.765. The van der Waals surface area contributed by atoms with E-state index in [0.717, 1.165) is 18.0 Å². The van der Waals surface area contributed by atoms with Crippen molar-refractivity contribution in [2.24, 2.45) is 18.1 Å². The number of hydrogen-bond donors (Lipinski definition) is 5. The van der Waals surface area contributed by atoms with Crippen molar-refractivity contribution in [1.29, 1.82) is 0 Å². The van der Waals surface area contributed by atoms with Gasteiger partial charge in [0.05, 0.1) is 18.3 Å². The molecule has 1 saturated heterocycles. The minimum atomic E-state index is -1.60. The highest BCUT2D eigenvalue weighted by Gasteiger charge is 2.54. The molecule has 4 heterocycles. The van der Waals surface area contributed by atoms with Gasteiger partial charge in [-0.2, -0.15) is 9.36 Å². The maximum Gasteiger partial charge on any atom is 0.353 e.